The van der Waals surface area contributed by atoms with Gasteiger partial charge in [0.25, 0.3) is 0 Å². The van der Waals surface area contributed by atoms with E-state index in [1.165, 1.54) is 97.6 Å². The smallest absolute Gasteiger partial charge is 0.172 e. The van der Waals surface area contributed by atoms with Gasteiger partial charge in [-0.05, 0) is 28.4 Å². The third kappa shape index (κ3) is 10.3. The second-order valence-electron chi connectivity index (χ2n) is 14.4. The van der Waals surface area contributed by atoms with E-state index in [0.717, 1.165) is 18.3 Å². The zero-order valence-electron chi connectivity index (χ0n) is 27.0. The Morgan fingerprint density at radius 2 is 1.24 bits per heavy atom. The van der Waals surface area contributed by atoms with Gasteiger partial charge in [-0.1, -0.05) is 65.3 Å². The molecule has 42 heavy (non-hydrogen) atoms. The molecule has 3 aliphatic rings. The second kappa shape index (κ2) is 17.0. The molecule has 0 aromatic heterocycles. The van der Waals surface area contributed by atoms with Crippen molar-refractivity contribution in [2.75, 3.05) is 0 Å². The molecule has 0 nitrogen and oxygen atoms in total. The first-order chi connectivity index (χ1) is 19.0. The first-order valence-corrected chi connectivity index (χ1v) is 17.2. The van der Waals surface area contributed by atoms with Crippen LogP contribution in [0, 0.1) is 17.9 Å². The van der Waals surface area contributed by atoms with Crippen molar-refractivity contribution in [2.45, 2.75) is 123 Å². The maximum absolute atomic E-state index is 3.67. The van der Waals surface area contributed by atoms with Gasteiger partial charge < -0.3 is 24.8 Å². The van der Waals surface area contributed by atoms with Crippen molar-refractivity contribution in [3.63, 3.8) is 0 Å². The van der Waals surface area contributed by atoms with Gasteiger partial charge in [0.05, 0.1) is 0 Å². The van der Waals surface area contributed by atoms with Crippen molar-refractivity contribution in [1.82, 2.24) is 0 Å². The molecule has 228 valence electrons. The summed E-state index contributed by atoms with van der Waals surface area (Å²) in [6.07, 6.45) is 16.2. The first-order valence-electron chi connectivity index (χ1n) is 16.0. The van der Waals surface area contributed by atoms with Crippen LogP contribution in [0.1, 0.15) is 128 Å². The Labute approximate surface area is 285 Å². The largest absolute Gasteiger partial charge is 0.214 e. The van der Waals surface area contributed by atoms with Crippen molar-refractivity contribution >= 4 is 3.21 Å². The number of halogens is 2. The molecule has 3 aromatic carbocycles. The zero-order valence-corrected chi connectivity index (χ0v) is 30.9. The molecule has 0 unspecified atom stereocenters. The van der Waals surface area contributed by atoms with Crippen LogP contribution in [0.5, 0.6) is 0 Å². The number of benzene rings is 2. The van der Waals surface area contributed by atoms with Crippen molar-refractivity contribution in [2.24, 2.45) is 11.8 Å². The number of fused-ring (bicyclic) bond motifs is 3. The van der Waals surface area contributed by atoms with E-state index >= 15 is 0 Å². The van der Waals surface area contributed by atoms with Crippen LogP contribution in [0.4, 0.5) is 0 Å². The molecule has 3 aliphatic carbocycles. The maximum Gasteiger partial charge on any atom is -0.172 e. The fraction of sp³-hybridized carbons (Fsp3) is 0.538. The number of hydrogen-bond acceptors (Lipinski definition) is 0. The van der Waals surface area contributed by atoms with E-state index in [9.17, 15) is 0 Å². The molecule has 2 saturated carbocycles. The topological polar surface area (TPSA) is 0 Å². The molecule has 0 aliphatic heterocycles. The minimum Gasteiger partial charge on any atom is -0.214 e. The van der Waals surface area contributed by atoms with Crippen molar-refractivity contribution < 1.29 is 49.0 Å². The summed E-state index contributed by atoms with van der Waals surface area (Å²) in [4.78, 5) is 0. The zero-order chi connectivity index (χ0) is 28.8. The van der Waals surface area contributed by atoms with Gasteiger partial charge in [-0.2, -0.15) is 42.0 Å². The molecule has 0 radical (unpaired) electrons. The molecule has 0 N–H and O–H groups in total. The van der Waals surface area contributed by atoms with E-state index in [4.69, 9.17) is 0 Å². The predicted molar refractivity (Wildman–Crippen MR) is 171 cm³/mol. The molecule has 0 atom stereocenters. The summed E-state index contributed by atoms with van der Waals surface area (Å²) in [5, 5.41) is 0. The van der Waals surface area contributed by atoms with Gasteiger partial charge in [0.2, 0.25) is 0 Å². The summed E-state index contributed by atoms with van der Waals surface area (Å²) < 4.78 is 1.97. The molecule has 0 saturated heterocycles. The normalized spacial score (nSPS) is 16.8. The third-order valence-corrected chi connectivity index (χ3v) is 11.1. The summed E-state index contributed by atoms with van der Waals surface area (Å²) in [6, 6.07) is 25.2. The standard InChI is InChI=1S/C21H25.C13H22.C5H5.2ClH.Zr/c1-20(2,3)16-7-9-18-14(12-16)11-15-13-17(21(4,5)6)8-10-19(15)18;1-3-7-12(8-4-1)11-13-9-5-2-6-10-13;1-2-4-5-3-1;;;/h7-10,12H,11H2,1-6H3;12-13H,1-10H2;1-5H;2*1H;/q-1;;-1;;;+2/p-2. The molecule has 3 aromatic rings. The summed E-state index contributed by atoms with van der Waals surface area (Å²) in [7, 11) is 0. The van der Waals surface area contributed by atoms with Crippen LogP contribution in [0.15, 0.2) is 60.7 Å². The van der Waals surface area contributed by atoms with E-state index in [0.29, 0.717) is 0 Å². The molecule has 0 bridgehead atoms. The van der Waals surface area contributed by atoms with Crippen molar-refractivity contribution in [3.8, 4) is 11.1 Å². The molecular weight excluding hydrogens is 631 g/mol. The molecule has 6 rings (SSSR count). The second-order valence-corrected chi connectivity index (χ2v) is 15.8. The Hall–Kier alpha value is -0.877. The first kappa shape index (κ1) is 37.3. The third-order valence-electron chi connectivity index (χ3n) is 9.11. The van der Waals surface area contributed by atoms with Gasteiger partial charge in [0, 0.05) is 0 Å². The summed E-state index contributed by atoms with van der Waals surface area (Å²) in [5.74, 6) is 2.09. The SMILES string of the molecule is CC(C)(C)c1[c-]c2c(cc1)-c1ccc(C(C)(C)C)cc1C2.[Cl-].[Cl-].[Zr+2]=[C](C1CCCCC1)C1CCCCC1.c1cc[cH-]c1. The Morgan fingerprint density at radius 3 is 1.69 bits per heavy atom. The van der Waals surface area contributed by atoms with Crippen LogP contribution in [0.25, 0.3) is 11.1 Å². The average Bonchev–Trinajstić information content (AvgIpc) is 3.64. The van der Waals surface area contributed by atoms with Crippen LogP contribution in [-0.4, -0.2) is 3.21 Å². The van der Waals surface area contributed by atoms with E-state index in [1.807, 2.05) is 33.5 Å². The van der Waals surface area contributed by atoms with Gasteiger partial charge in [-0.15, -0.1) is 11.1 Å². The van der Waals surface area contributed by atoms with E-state index in [2.05, 4.69) is 77.9 Å². The maximum atomic E-state index is 3.67. The van der Waals surface area contributed by atoms with E-state index in [1.54, 1.807) is 24.2 Å². The molecule has 0 amide bonds. The minimum atomic E-state index is 0. The molecule has 3 heteroatoms. The van der Waals surface area contributed by atoms with Crippen molar-refractivity contribution in [1.29, 1.82) is 0 Å². The minimum absolute atomic E-state index is 0. The van der Waals surface area contributed by atoms with Crippen LogP contribution in [0.3, 0.4) is 0 Å². The molecular formula is C39H52Cl2Zr-2. The van der Waals surface area contributed by atoms with Crippen LogP contribution in [-0.2, 0) is 41.5 Å². The fourth-order valence-electron chi connectivity index (χ4n) is 6.51. The van der Waals surface area contributed by atoms with Gasteiger partial charge in [-0.25, -0.2) is 12.1 Å². The van der Waals surface area contributed by atoms with E-state index in [-0.39, 0.29) is 35.6 Å². The van der Waals surface area contributed by atoms with Crippen molar-refractivity contribution in [3.05, 3.63) is 89.0 Å². The van der Waals surface area contributed by atoms with Crippen LogP contribution < -0.4 is 24.8 Å². The average molecular weight is 683 g/mol. The summed E-state index contributed by atoms with van der Waals surface area (Å²) in [6.45, 7) is 13.6. The molecule has 2 fully saturated rings. The summed E-state index contributed by atoms with van der Waals surface area (Å²) >= 11 is 1.77. The summed E-state index contributed by atoms with van der Waals surface area (Å²) in [5.41, 5.74) is 8.70. The Balaban J connectivity index is 0.000000253. The Kier molecular flexibility index (Phi) is 15.1. The number of hydrogen-bond donors (Lipinski definition) is 0. The molecule has 0 spiro atoms. The Bertz CT molecular complexity index is 1120. The van der Waals surface area contributed by atoms with E-state index < -0.39 is 0 Å². The number of rotatable bonds is 2. The van der Waals surface area contributed by atoms with Gasteiger partial charge in [0.15, 0.2) is 0 Å². The van der Waals surface area contributed by atoms with Crippen LogP contribution in [0.2, 0.25) is 0 Å². The monoisotopic (exact) mass is 680 g/mol. The quantitative estimate of drug-likeness (QED) is 0.263. The molecule has 0 heterocycles. The van der Waals surface area contributed by atoms with Gasteiger partial charge in [-0.3, -0.25) is 0 Å². The fourth-order valence-corrected chi connectivity index (χ4v) is 7.93. The Morgan fingerprint density at radius 1 is 0.714 bits per heavy atom. The predicted octanol–water partition coefficient (Wildman–Crippen LogP) is 4.93. The van der Waals surface area contributed by atoms with Gasteiger partial charge in [0.1, 0.15) is 0 Å². The van der Waals surface area contributed by atoms with Gasteiger partial charge >= 0.3 is 103 Å². The van der Waals surface area contributed by atoms with Crippen LogP contribution >= 0.6 is 0 Å².